The summed E-state index contributed by atoms with van der Waals surface area (Å²) in [7, 11) is 0. The molecule has 0 radical (unpaired) electrons. The number of anilines is 2. The van der Waals surface area contributed by atoms with Crippen LogP contribution in [0.2, 0.25) is 0 Å². The van der Waals surface area contributed by atoms with Crippen molar-refractivity contribution in [1.29, 1.82) is 5.26 Å². The van der Waals surface area contributed by atoms with Gasteiger partial charge in [-0.15, -0.1) is 0 Å². The first-order valence-corrected chi connectivity index (χ1v) is 9.44. The van der Waals surface area contributed by atoms with Gasteiger partial charge in [0.25, 0.3) is 17.5 Å². The largest absolute Gasteiger partial charge is 0.295 e. The highest BCUT2D eigenvalue weighted by molar-refractivity contribution is 6.29. The number of benzene rings is 2. The van der Waals surface area contributed by atoms with E-state index in [9.17, 15) is 14.9 Å². The minimum Gasteiger partial charge on any atom is -0.268 e. The fourth-order valence-electron chi connectivity index (χ4n) is 4.27. The molecule has 5 nitrogen and oxygen atoms in total. The number of halogens is 1. The molecule has 2 fully saturated rings. The Morgan fingerprint density at radius 1 is 0.786 bits per heavy atom. The summed E-state index contributed by atoms with van der Waals surface area (Å²) in [6.45, 7) is 0. The van der Waals surface area contributed by atoms with Crippen LogP contribution in [0.15, 0.2) is 60.7 Å². The predicted octanol–water partition coefficient (Wildman–Crippen LogP) is 4.16. The van der Waals surface area contributed by atoms with Crippen LogP contribution in [0, 0.1) is 16.7 Å². The number of hydrogen-bond donors (Lipinski definition) is 0. The highest BCUT2D eigenvalue weighted by Gasteiger charge is 2.71. The number of alkyl halides is 1. The van der Waals surface area contributed by atoms with Gasteiger partial charge in [-0.3, -0.25) is 9.59 Å². The molecular weight excluding hydrogens is 357 g/mol. The maximum atomic E-state index is 16.5. The molecule has 142 valence electrons. The minimum atomic E-state index is -2.91. The van der Waals surface area contributed by atoms with Gasteiger partial charge in [-0.05, 0) is 37.1 Å². The van der Waals surface area contributed by atoms with E-state index in [1.807, 2.05) is 6.07 Å². The average molecular weight is 377 g/mol. The number of carbonyl (C=O) groups excluding carboxylic acids is 2. The van der Waals surface area contributed by atoms with Crippen LogP contribution in [0.5, 0.6) is 0 Å². The maximum absolute atomic E-state index is 16.5. The molecule has 0 spiro atoms. The number of rotatable bonds is 3. The topological polar surface area (TPSA) is 64.4 Å². The van der Waals surface area contributed by atoms with Gasteiger partial charge in [0, 0.05) is 0 Å². The SMILES string of the molecule is N#CC1(C2(F)C(=O)N(c3ccccc3)N(c3ccccc3)C2=O)CCCCC1. The molecular formula is C22H20FN3O2. The Labute approximate surface area is 162 Å². The first kappa shape index (κ1) is 18.2. The Balaban J connectivity index is 1.90. The lowest BCUT2D eigenvalue weighted by atomic mass is 9.64. The molecule has 1 heterocycles. The van der Waals surface area contributed by atoms with Crippen molar-refractivity contribution < 1.29 is 14.0 Å². The fraction of sp³-hybridized carbons (Fsp3) is 0.318. The van der Waals surface area contributed by atoms with Crippen LogP contribution in [0.3, 0.4) is 0 Å². The Kier molecular flexibility index (Phi) is 4.38. The molecule has 6 heteroatoms. The summed E-state index contributed by atoms with van der Waals surface area (Å²) in [4.78, 5) is 26.8. The van der Waals surface area contributed by atoms with Crippen molar-refractivity contribution >= 4 is 23.2 Å². The minimum absolute atomic E-state index is 0.197. The third-order valence-corrected chi connectivity index (χ3v) is 5.76. The zero-order valence-electron chi connectivity index (χ0n) is 15.3. The van der Waals surface area contributed by atoms with Crippen LogP contribution in [0.25, 0.3) is 0 Å². The van der Waals surface area contributed by atoms with Crippen LogP contribution >= 0.6 is 0 Å². The molecule has 0 unspecified atom stereocenters. The number of hydrazine groups is 1. The lowest BCUT2D eigenvalue weighted by molar-refractivity contribution is -0.146. The van der Waals surface area contributed by atoms with Gasteiger partial charge < -0.3 is 0 Å². The van der Waals surface area contributed by atoms with Gasteiger partial charge in [0.1, 0.15) is 5.41 Å². The van der Waals surface area contributed by atoms with E-state index in [0.717, 1.165) is 16.4 Å². The number of carbonyl (C=O) groups is 2. The monoisotopic (exact) mass is 377 g/mol. The van der Waals surface area contributed by atoms with Gasteiger partial charge in [0.2, 0.25) is 0 Å². The van der Waals surface area contributed by atoms with Crippen LogP contribution in [0.1, 0.15) is 32.1 Å². The molecule has 0 atom stereocenters. The molecule has 1 aliphatic carbocycles. The van der Waals surface area contributed by atoms with Crippen molar-refractivity contribution in [2.24, 2.45) is 5.41 Å². The molecule has 28 heavy (non-hydrogen) atoms. The summed E-state index contributed by atoms with van der Waals surface area (Å²) < 4.78 is 16.5. The zero-order valence-corrected chi connectivity index (χ0v) is 15.3. The maximum Gasteiger partial charge on any atom is 0.295 e. The van der Waals surface area contributed by atoms with E-state index in [4.69, 9.17) is 0 Å². The second-order valence-electron chi connectivity index (χ2n) is 7.32. The lowest BCUT2D eigenvalue weighted by Crippen LogP contribution is -2.55. The molecule has 2 aliphatic rings. The Morgan fingerprint density at radius 3 is 1.61 bits per heavy atom. The number of amides is 2. The van der Waals surface area contributed by atoms with Crippen molar-refractivity contribution in [2.45, 2.75) is 37.8 Å². The standard InChI is InChI=1S/C22H20FN3O2/c23-22(21(16-24)14-8-3-9-15-21)19(27)25(17-10-4-1-5-11-17)26(20(22)28)18-12-6-2-7-13-18/h1-2,4-7,10-13H,3,8-9,14-15H2. The average Bonchev–Trinajstić information content (AvgIpc) is 2.97. The molecule has 2 aromatic rings. The number of nitrogens with zero attached hydrogens (tertiary/aromatic N) is 3. The molecule has 2 amide bonds. The van der Waals surface area contributed by atoms with E-state index >= 15 is 4.39 Å². The number of nitriles is 1. The van der Waals surface area contributed by atoms with Gasteiger partial charge in [-0.25, -0.2) is 14.4 Å². The quantitative estimate of drug-likeness (QED) is 0.755. The van der Waals surface area contributed by atoms with Crippen molar-refractivity contribution in [3.63, 3.8) is 0 Å². The third kappa shape index (κ3) is 2.43. The van der Waals surface area contributed by atoms with E-state index in [-0.39, 0.29) is 12.8 Å². The Hall–Kier alpha value is -3.20. The molecule has 1 aliphatic heterocycles. The molecule has 0 bridgehead atoms. The van der Waals surface area contributed by atoms with Crippen LogP contribution in [-0.4, -0.2) is 17.5 Å². The predicted molar refractivity (Wildman–Crippen MR) is 103 cm³/mol. The van der Waals surface area contributed by atoms with Gasteiger partial charge in [-0.1, -0.05) is 55.7 Å². The van der Waals surface area contributed by atoms with E-state index in [1.165, 1.54) is 0 Å². The third-order valence-electron chi connectivity index (χ3n) is 5.76. The summed E-state index contributed by atoms with van der Waals surface area (Å²) in [5.41, 5.74) is -3.79. The molecule has 4 rings (SSSR count). The lowest BCUT2D eigenvalue weighted by Gasteiger charge is -2.37. The molecule has 0 aromatic heterocycles. The van der Waals surface area contributed by atoms with Crippen molar-refractivity contribution in [3.8, 4) is 6.07 Å². The van der Waals surface area contributed by atoms with E-state index < -0.39 is 22.9 Å². The van der Waals surface area contributed by atoms with Crippen LogP contribution < -0.4 is 10.0 Å². The summed E-state index contributed by atoms with van der Waals surface area (Å²) in [5, 5.41) is 12.0. The smallest absolute Gasteiger partial charge is 0.268 e. The van der Waals surface area contributed by atoms with E-state index in [2.05, 4.69) is 0 Å². The Morgan fingerprint density at radius 2 is 1.21 bits per heavy atom. The van der Waals surface area contributed by atoms with Crippen LogP contribution in [0.4, 0.5) is 15.8 Å². The van der Waals surface area contributed by atoms with Gasteiger partial charge in [0.05, 0.1) is 17.4 Å². The summed E-state index contributed by atoms with van der Waals surface area (Å²) in [6.07, 6.45) is 2.51. The summed E-state index contributed by atoms with van der Waals surface area (Å²) in [6, 6.07) is 19.0. The highest BCUT2D eigenvalue weighted by Crippen LogP contribution is 2.52. The second-order valence-corrected chi connectivity index (χ2v) is 7.32. The van der Waals surface area contributed by atoms with Crippen LogP contribution in [-0.2, 0) is 9.59 Å². The summed E-state index contributed by atoms with van der Waals surface area (Å²) in [5.74, 6) is -1.98. The van der Waals surface area contributed by atoms with Gasteiger partial charge >= 0.3 is 0 Å². The van der Waals surface area contributed by atoms with E-state index in [0.29, 0.717) is 24.2 Å². The van der Waals surface area contributed by atoms with E-state index in [1.54, 1.807) is 60.7 Å². The highest BCUT2D eigenvalue weighted by atomic mass is 19.1. The second kappa shape index (κ2) is 6.75. The molecule has 0 N–H and O–H groups in total. The van der Waals surface area contributed by atoms with Crippen molar-refractivity contribution in [2.75, 3.05) is 10.0 Å². The Bertz CT molecular complexity index is 876. The van der Waals surface area contributed by atoms with Crippen molar-refractivity contribution in [3.05, 3.63) is 60.7 Å². The first-order valence-electron chi connectivity index (χ1n) is 9.44. The molecule has 2 aromatic carbocycles. The van der Waals surface area contributed by atoms with Gasteiger partial charge in [-0.2, -0.15) is 5.26 Å². The first-order chi connectivity index (χ1) is 13.5. The number of hydrogen-bond acceptors (Lipinski definition) is 3. The molecule has 1 saturated heterocycles. The van der Waals surface area contributed by atoms with Crippen molar-refractivity contribution in [1.82, 2.24) is 0 Å². The summed E-state index contributed by atoms with van der Waals surface area (Å²) >= 11 is 0. The number of para-hydroxylation sites is 2. The van der Waals surface area contributed by atoms with Gasteiger partial charge in [0.15, 0.2) is 0 Å². The normalized spacial score (nSPS) is 20.9. The fourth-order valence-corrected chi connectivity index (χ4v) is 4.27. The molecule has 1 saturated carbocycles. The zero-order chi connectivity index (χ0) is 19.8.